The molecule has 4 heteroatoms. The molecular formula is C28H33NO3. The molecule has 2 heterocycles. The SMILES string of the molecule is CC(C)CC(=O)C1CC2CCCC(C1)N2C(=O)OCC1c2ccccc2-c2ccccc21. The predicted molar refractivity (Wildman–Crippen MR) is 126 cm³/mol. The lowest BCUT2D eigenvalue weighted by molar-refractivity contribution is -0.127. The van der Waals surface area contributed by atoms with Crippen LogP contribution in [0.15, 0.2) is 48.5 Å². The van der Waals surface area contributed by atoms with Crippen molar-refractivity contribution in [2.45, 2.75) is 70.4 Å². The zero-order valence-corrected chi connectivity index (χ0v) is 19.1. The summed E-state index contributed by atoms with van der Waals surface area (Å²) in [4.78, 5) is 28.0. The molecule has 1 amide bonds. The van der Waals surface area contributed by atoms with E-state index in [-0.39, 0.29) is 30.0 Å². The zero-order valence-electron chi connectivity index (χ0n) is 19.1. The van der Waals surface area contributed by atoms with Gasteiger partial charge in [-0.25, -0.2) is 4.79 Å². The van der Waals surface area contributed by atoms with Crippen LogP contribution in [-0.2, 0) is 9.53 Å². The highest BCUT2D eigenvalue weighted by atomic mass is 16.6. The van der Waals surface area contributed by atoms with E-state index in [1.54, 1.807) is 0 Å². The molecule has 3 aliphatic rings. The van der Waals surface area contributed by atoms with Crippen molar-refractivity contribution in [3.8, 4) is 11.1 Å². The standard InChI is InChI=1S/C28H33NO3/c1-18(2)14-27(30)19-15-20-8-7-9-21(16-19)29(20)28(31)32-17-26-24-12-5-3-10-22(24)23-11-4-6-13-25(23)26/h3-6,10-13,18-21,26H,7-9,14-17H2,1-2H3. The molecule has 4 nitrogen and oxygen atoms in total. The van der Waals surface area contributed by atoms with Gasteiger partial charge in [0.15, 0.2) is 0 Å². The summed E-state index contributed by atoms with van der Waals surface area (Å²) in [6.45, 7) is 4.56. The number of benzene rings is 2. The Kier molecular flexibility index (Phi) is 5.79. The molecule has 1 aliphatic carbocycles. The molecule has 0 N–H and O–H groups in total. The first-order valence-corrected chi connectivity index (χ1v) is 12.2. The second kappa shape index (κ2) is 8.73. The van der Waals surface area contributed by atoms with Gasteiger partial charge in [-0.2, -0.15) is 0 Å². The van der Waals surface area contributed by atoms with Crippen molar-refractivity contribution in [1.29, 1.82) is 0 Å². The Hall–Kier alpha value is -2.62. The molecule has 0 saturated carbocycles. The Labute approximate surface area is 191 Å². The van der Waals surface area contributed by atoms with Crippen LogP contribution in [0.25, 0.3) is 11.1 Å². The van der Waals surface area contributed by atoms with Crippen LogP contribution in [0, 0.1) is 11.8 Å². The van der Waals surface area contributed by atoms with Gasteiger partial charge in [0.1, 0.15) is 12.4 Å². The number of rotatable bonds is 5. The molecule has 2 atom stereocenters. The summed E-state index contributed by atoms with van der Waals surface area (Å²) in [7, 11) is 0. The van der Waals surface area contributed by atoms with Gasteiger partial charge in [0.25, 0.3) is 0 Å². The van der Waals surface area contributed by atoms with Crippen LogP contribution < -0.4 is 0 Å². The van der Waals surface area contributed by atoms with E-state index >= 15 is 0 Å². The van der Waals surface area contributed by atoms with Crippen molar-refractivity contribution in [1.82, 2.24) is 4.90 Å². The lowest BCUT2D eigenvalue weighted by Gasteiger charge is -2.47. The number of piperidine rings is 2. The van der Waals surface area contributed by atoms with E-state index in [0.29, 0.717) is 24.7 Å². The maximum atomic E-state index is 13.3. The quantitative estimate of drug-likeness (QED) is 0.567. The van der Waals surface area contributed by atoms with Crippen molar-refractivity contribution >= 4 is 11.9 Å². The van der Waals surface area contributed by atoms with Crippen molar-refractivity contribution < 1.29 is 14.3 Å². The van der Waals surface area contributed by atoms with Crippen LogP contribution in [0.5, 0.6) is 0 Å². The fourth-order valence-electron chi connectivity index (χ4n) is 6.18. The third kappa shape index (κ3) is 3.85. The predicted octanol–water partition coefficient (Wildman–Crippen LogP) is 6.18. The molecule has 2 aromatic rings. The highest BCUT2D eigenvalue weighted by Gasteiger charge is 2.43. The molecule has 2 fully saturated rings. The van der Waals surface area contributed by atoms with Gasteiger partial charge in [0.05, 0.1) is 0 Å². The Bertz CT molecular complexity index is 954. The van der Waals surface area contributed by atoms with Crippen molar-refractivity contribution in [3.05, 3.63) is 59.7 Å². The Morgan fingerprint density at radius 3 is 2.06 bits per heavy atom. The number of nitrogens with zero attached hydrogens (tertiary/aromatic N) is 1. The number of fused-ring (bicyclic) bond motifs is 5. The number of carbonyl (C=O) groups is 2. The van der Waals surface area contributed by atoms with Crippen LogP contribution in [0.3, 0.4) is 0 Å². The molecule has 0 spiro atoms. The summed E-state index contributed by atoms with van der Waals surface area (Å²) in [6, 6.07) is 17.1. The monoisotopic (exact) mass is 431 g/mol. The first-order valence-electron chi connectivity index (χ1n) is 12.2. The maximum Gasteiger partial charge on any atom is 0.410 e. The van der Waals surface area contributed by atoms with Gasteiger partial charge in [-0.1, -0.05) is 62.4 Å². The molecule has 2 unspecified atom stereocenters. The third-order valence-corrected chi connectivity index (χ3v) is 7.59. The zero-order chi connectivity index (χ0) is 22.2. The van der Waals surface area contributed by atoms with E-state index in [2.05, 4.69) is 62.4 Å². The summed E-state index contributed by atoms with van der Waals surface area (Å²) in [5.41, 5.74) is 4.95. The average Bonchev–Trinajstić information content (AvgIpc) is 3.10. The topological polar surface area (TPSA) is 46.6 Å². The number of ketones is 1. The summed E-state index contributed by atoms with van der Waals surface area (Å²) in [6.07, 6.45) is 5.13. The van der Waals surface area contributed by atoms with Gasteiger partial charge in [-0.05, 0) is 60.3 Å². The van der Waals surface area contributed by atoms with Gasteiger partial charge in [-0.15, -0.1) is 0 Å². The van der Waals surface area contributed by atoms with Crippen molar-refractivity contribution in [3.63, 3.8) is 0 Å². The maximum absolute atomic E-state index is 13.3. The molecule has 168 valence electrons. The minimum Gasteiger partial charge on any atom is -0.448 e. The minimum atomic E-state index is -0.198. The van der Waals surface area contributed by atoms with Crippen molar-refractivity contribution in [2.75, 3.05) is 6.61 Å². The average molecular weight is 432 g/mol. The molecule has 2 bridgehead atoms. The van der Waals surface area contributed by atoms with Gasteiger partial charge in [0, 0.05) is 30.3 Å². The number of amides is 1. The molecule has 2 aromatic carbocycles. The highest BCUT2D eigenvalue weighted by Crippen LogP contribution is 2.45. The van der Waals surface area contributed by atoms with E-state index < -0.39 is 0 Å². The first kappa shape index (κ1) is 21.2. The first-order chi connectivity index (χ1) is 15.5. The number of ether oxygens (including phenoxy) is 1. The normalized spacial score (nSPS) is 24.2. The second-order valence-corrected chi connectivity index (χ2v) is 10.2. The van der Waals surface area contributed by atoms with Crippen LogP contribution in [0.4, 0.5) is 4.79 Å². The summed E-state index contributed by atoms with van der Waals surface area (Å²) in [5, 5.41) is 0. The molecule has 2 saturated heterocycles. The van der Waals surface area contributed by atoms with E-state index in [4.69, 9.17) is 4.74 Å². The van der Waals surface area contributed by atoms with Gasteiger partial charge in [-0.3, -0.25) is 4.79 Å². The van der Waals surface area contributed by atoms with E-state index in [1.165, 1.54) is 22.3 Å². The Balaban J connectivity index is 1.29. The number of carbonyl (C=O) groups excluding carboxylic acids is 2. The Morgan fingerprint density at radius 2 is 1.50 bits per heavy atom. The van der Waals surface area contributed by atoms with Crippen LogP contribution in [-0.4, -0.2) is 35.5 Å². The fraction of sp³-hybridized carbons (Fsp3) is 0.500. The lowest BCUT2D eigenvalue weighted by atomic mass is 9.76. The highest BCUT2D eigenvalue weighted by molar-refractivity contribution is 5.82. The molecule has 0 aromatic heterocycles. The Morgan fingerprint density at radius 1 is 0.938 bits per heavy atom. The molecular weight excluding hydrogens is 398 g/mol. The molecule has 2 aliphatic heterocycles. The van der Waals surface area contributed by atoms with E-state index in [0.717, 1.165) is 32.1 Å². The summed E-state index contributed by atoms with van der Waals surface area (Å²) >= 11 is 0. The van der Waals surface area contributed by atoms with E-state index in [9.17, 15) is 9.59 Å². The fourth-order valence-corrected chi connectivity index (χ4v) is 6.18. The number of hydrogen-bond donors (Lipinski definition) is 0. The second-order valence-electron chi connectivity index (χ2n) is 10.2. The molecule has 0 radical (unpaired) electrons. The molecule has 5 rings (SSSR count). The van der Waals surface area contributed by atoms with Crippen LogP contribution in [0.1, 0.15) is 69.4 Å². The smallest absolute Gasteiger partial charge is 0.410 e. The van der Waals surface area contributed by atoms with Gasteiger partial charge >= 0.3 is 6.09 Å². The summed E-state index contributed by atoms with van der Waals surface area (Å²) in [5.74, 6) is 0.952. The van der Waals surface area contributed by atoms with Crippen LogP contribution in [0.2, 0.25) is 0 Å². The lowest BCUT2D eigenvalue weighted by Crippen LogP contribution is -2.56. The minimum absolute atomic E-state index is 0.0800. The van der Waals surface area contributed by atoms with Crippen LogP contribution >= 0.6 is 0 Å². The van der Waals surface area contributed by atoms with Crippen molar-refractivity contribution in [2.24, 2.45) is 11.8 Å². The van der Waals surface area contributed by atoms with E-state index in [1.807, 2.05) is 4.90 Å². The molecule has 32 heavy (non-hydrogen) atoms. The third-order valence-electron chi connectivity index (χ3n) is 7.59. The van der Waals surface area contributed by atoms with Gasteiger partial charge < -0.3 is 9.64 Å². The largest absolute Gasteiger partial charge is 0.448 e. The summed E-state index contributed by atoms with van der Waals surface area (Å²) < 4.78 is 5.98. The number of hydrogen-bond acceptors (Lipinski definition) is 3. The van der Waals surface area contributed by atoms with Gasteiger partial charge in [0.2, 0.25) is 0 Å². The number of Topliss-reactive ketones (excluding diaryl/α,β-unsaturated/α-hetero) is 1.